The zero-order chi connectivity index (χ0) is 25.4. The quantitative estimate of drug-likeness (QED) is 0.328. The van der Waals surface area contributed by atoms with Crippen molar-refractivity contribution < 1.29 is 19.4 Å². The van der Waals surface area contributed by atoms with E-state index in [1.807, 2.05) is 48.5 Å². The van der Waals surface area contributed by atoms with E-state index in [1.165, 1.54) is 7.05 Å². The molecule has 5 aromatic rings. The fourth-order valence-electron chi connectivity index (χ4n) is 4.22. The minimum absolute atomic E-state index is 0.230. The first-order valence-corrected chi connectivity index (χ1v) is 11.1. The Kier molecular flexibility index (Phi) is 5.77. The number of amides is 1. The van der Waals surface area contributed by atoms with Gasteiger partial charge in [-0.1, -0.05) is 24.3 Å². The lowest BCUT2D eigenvalue weighted by Crippen LogP contribution is -2.24. The minimum atomic E-state index is -1.11. The molecule has 10 nitrogen and oxygen atoms in total. The van der Waals surface area contributed by atoms with Crippen LogP contribution in [0, 0.1) is 0 Å². The highest BCUT2D eigenvalue weighted by atomic mass is 16.5. The smallest absolute Gasteiger partial charge is 0.413 e. The zero-order valence-corrected chi connectivity index (χ0v) is 19.8. The summed E-state index contributed by atoms with van der Waals surface area (Å²) in [6.45, 7) is 0. The Balaban J connectivity index is 1.61. The van der Waals surface area contributed by atoms with Crippen molar-refractivity contribution in [1.82, 2.24) is 20.2 Å². The lowest BCUT2D eigenvalue weighted by Gasteiger charge is -2.15. The van der Waals surface area contributed by atoms with Crippen molar-refractivity contribution in [2.24, 2.45) is 0 Å². The van der Waals surface area contributed by atoms with Crippen molar-refractivity contribution >= 4 is 33.8 Å². The van der Waals surface area contributed by atoms with E-state index in [1.54, 1.807) is 20.3 Å². The summed E-state index contributed by atoms with van der Waals surface area (Å²) in [7, 11) is 4.60. The van der Waals surface area contributed by atoms with E-state index in [-0.39, 0.29) is 11.5 Å². The van der Waals surface area contributed by atoms with Crippen LogP contribution in [0.1, 0.15) is 11.3 Å². The third-order valence-corrected chi connectivity index (χ3v) is 6.12. The molecular weight excluding hydrogens is 462 g/mol. The Morgan fingerprint density at radius 1 is 1.03 bits per heavy atom. The van der Waals surface area contributed by atoms with Crippen LogP contribution >= 0.6 is 0 Å². The van der Waals surface area contributed by atoms with Crippen LogP contribution in [0.3, 0.4) is 0 Å². The SMILES string of the molecule is COc1cc(OC)c(-c2ccc3[nH]c(N(C)C(=O)O)nc3c2)cc1Cc1n[nH]c(=O)c2ccccc12. The van der Waals surface area contributed by atoms with E-state index in [0.717, 1.165) is 27.0 Å². The summed E-state index contributed by atoms with van der Waals surface area (Å²) in [5, 5.41) is 17.5. The summed E-state index contributed by atoms with van der Waals surface area (Å²) in [6.07, 6.45) is -0.700. The van der Waals surface area contributed by atoms with Crippen LogP contribution in [-0.4, -0.2) is 52.6 Å². The number of aromatic amines is 2. The van der Waals surface area contributed by atoms with Gasteiger partial charge in [-0.25, -0.2) is 14.9 Å². The predicted octanol–water partition coefficient (Wildman–Crippen LogP) is 4.19. The maximum atomic E-state index is 12.2. The summed E-state index contributed by atoms with van der Waals surface area (Å²) in [5.41, 5.74) is 4.28. The summed E-state index contributed by atoms with van der Waals surface area (Å²) >= 11 is 0. The number of H-pyrrole nitrogens is 2. The number of fused-ring (bicyclic) bond motifs is 2. The molecule has 5 rings (SSSR count). The van der Waals surface area contributed by atoms with E-state index >= 15 is 0 Å². The maximum absolute atomic E-state index is 12.2. The van der Waals surface area contributed by atoms with Crippen LogP contribution in [0.2, 0.25) is 0 Å². The molecular formula is C26H23N5O5. The largest absolute Gasteiger partial charge is 0.496 e. The van der Waals surface area contributed by atoms with Crippen LogP contribution in [0.4, 0.5) is 10.7 Å². The number of hydrogen-bond acceptors (Lipinski definition) is 6. The van der Waals surface area contributed by atoms with Crippen LogP contribution < -0.4 is 19.9 Å². The maximum Gasteiger partial charge on any atom is 0.413 e. The number of methoxy groups -OCH3 is 2. The second-order valence-corrected chi connectivity index (χ2v) is 8.22. The Bertz CT molecular complexity index is 1670. The fourth-order valence-corrected chi connectivity index (χ4v) is 4.22. The van der Waals surface area contributed by atoms with Crippen molar-refractivity contribution in [3.05, 3.63) is 76.2 Å². The van der Waals surface area contributed by atoms with Gasteiger partial charge in [-0.05, 0) is 29.8 Å². The molecule has 2 aromatic heterocycles. The van der Waals surface area contributed by atoms with Gasteiger partial charge in [-0.15, -0.1) is 0 Å². The number of anilines is 1. The second kappa shape index (κ2) is 9.06. The van der Waals surface area contributed by atoms with E-state index in [0.29, 0.717) is 40.0 Å². The summed E-state index contributed by atoms with van der Waals surface area (Å²) < 4.78 is 11.3. The van der Waals surface area contributed by atoms with E-state index in [2.05, 4.69) is 20.2 Å². The van der Waals surface area contributed by atoms with Crippen LogP contribution in [-0.2, 0) is 6.42 Å². The lowest BCUT2D eigenvalue weighted by atomic mass is 9.97. The molecule has 0 aliphatic heterocycles. The molecule has 36 heavy (non-hydrogen) atoms. The van der Waals surface area contributed by atoms with Crippen LogP contribution in [0.15, 0.2) is 59.4 Å². The molecule has 182 valence electrons. The summed E-state index contributed by atoms with van der Waals surface area (Å²) in [6, 6.07) is 16.7. The Labute approximate surface area is 205 Å². The highest BCUT2D eigenvalue weighted by molar-refractivity contribution is 5.89. The second-order valence-electron chi connectivity index (χ2n) is 8.22. The van der Waals surface area contributed by atoms with Gasteiger partial charge in [-0.2, -0.15) is 5.10 Å². The van der Waals surface area contributed by atoms with Crippen molar-refractivity contribution in [1.29, 1.82) is 0 Å². The van der Waals surface area contributed by atoms with Gasteiger partial charge in [0.1, 0.15) is 11.5 Å². The monoisotopic (exact) mass is 485 g/mol. The van der Waals surface area contributed by atoms with Gasteiger partial charge < -0.3 is 19.6 Å². The van der Waals surface area contributed by atoms with E-state index in [9.17, 15) is 14.7 Å². The van der Waals surface area contributed by atoms with Crippen molar-refractivity contribution in [3.63, 3.8) is 0 Å². The van der Waals surface area contributed by atoms with E-state index in [4.69, 9.17) is 9.47 Å². The van der Waals surface area contributed by atoms with Gasteiger partial charge in [-0.3, -0.25) is 9.69 Å². The number of imidazole rings is 1. The molecule has 0 fully saturated rings. The average molecular weight is 486 g/mol. The molecule has 0 saturated carbocycles. The molecule has 0 saturated heterocycles. The highest BCUT2D eigenvalue weighted by Crippen LogP contribution is 2.38. The Morgan fingerprint density at radius 2 is 1.78 bits per heavy atom. The molecule has 0 aliphatic carbocycles. The first-order valence-electron chi connectivity index (χ1n) is 11.1. The number of ether oxygens (including phenoxy) is 2. The summed E-state index contributed by atoms with van der Waals surface area (Å²) in [5.74, 6) is 1.46. The normalized spacial score (nSPS) is 11.1. The summed E-state index contributed by atoms with van der Waals surface area (Å²) in [4.78, 5) is 32.0. The number of rotatable bonds is 6. The van der Waals surface area contributed by atoms with Crippen LogP contribution in [0.25, 0.3) is 32.9 Å². The molecule has 0 atom stereocenters. The topological polar surface area (TPSA) is 133 Å². The molecule has 3 N–H and O–H groups in total. The molecule has 3 aromatic carbocycles. The molecule has 2 heterocycles. The molecule has 0 unspecified atom stereocenters. The third kappa shape index (κ3) is 3.98. The number of benzene rings is 3. The number of nitrogens with zero attached hydrogens (tertiary/aromatic N) is 3. The van der Waals surface area contributed by atoms with Gasteiger partial charge in [0.25, 0.3) is 5.56 Å². The van der Waals surface area contributed by atoms with Crippen molar-refractivity contribution in [2.75, 3.05) is 26.2 Å². The molecule has 1 amide bonds. The van der Waals surface area contributed by atoms with Gasteiger partial charge in [0.2, 0.25) is 5.95 Å². The molecule has 0 radical (unpaired) electrons. The highest BCUT2D eigenvalue weighted by Gasteiger charge is 2.18. The Morgan fingerprint density at radius 3 is 2.50 bits per heavy atom. The van der Waals surface area contributed by atoms with Gasteiger partial charge in [0.05, 0.1) is 36.3 Å². The first kappa shape index (κ1) is 22.9. The Hall–Kier alpha value is -4.86. The zero-order valence-electron chi connectivity index (χ0n) is 19.8. The first-order chi connectivity index (χ1) is 17.4. The van der Waals surface area contributed by atoms with Gasteiger partial charge >= 0.3 is 6.09 Å². The third-order valence-electron chi connectivity index (χ3n) is 6.12. The number of carboxylic acid groups (broad SMARTS) is 1. The number of aromatic nitrogens is 4. The van der Waals surface area contributed by atoms with Gasteiger partial charge in [0.15, 0.2) is 0 Å². The molecule has 0 spiro atoms. The number of nitrogens with one attached hydrogen (secondary N) is 2. The molecule has 10 heteroatoms. The lowest BCUT2D eigenvalue weighted by molar-refractivity contribution is 0.203. The number of hydrogen-bond donors (Lipinski definition) is 3. The predicted molar refractivity (Wildman–Crippen MR) is 136 cm³/mol. The average Bonchev–Trinajstić information content (AvgIpc) is 3.33. The minimum Gasteiger partial charge on any atom is -0.496 e. The van der Waals surface area contributed by atoms with Crippen molar-refractivity contribution in [3.8, 4) is 22.6 Å². The number of carbonyl (C=O) groups is 1. The fraction of sp³-hybridized carbons (Fsp3) is 0.154. The standard InChI is InChI=1S/C26H23N5O5/c1-31(26(33)34)25-27-19-9-8-14(11-21(19)28-25)18-10-15(22(35-2)13-23(18)36-3)12-20-16-6-4-5-7-17(16)24(32)30-29-20/h4-11,13H,12H2,1-3H3,(H,27,28)(H,30,32)(H,33,34). The molecule has 0 aliphatic rings. The molecule has 0 bridgehead atoms. The van der Waals surface area contributed by atoms with E-state index < -0.39 is 6.09 Å². The van der Waals surface area contributed by atoms with Crippen LogP contribution in [0.5, 0.6) is 11.5 Å². The van der Waals surface area contributed by atoms with Crippen molar-refractivity contribution in [2.45, 2.75) is 6.42 Å². The van der Waals surface area contributed by atoms with Gasteiger partial charge in [0, 0.05) is 36.0 Å².